The highest BCUT2D eigenvalue weighted by Gasteiger charge is 2.18. The lowest BCUT2D eigenvalue weighted by Crippen LogP contribution is -1.98. The van der Waals surface area contributed by atoms with Gasteiger partial charge >= 0.3 is 0 Å². The lowest BCUT2D eigenvalue weighted by Gasteiger charge is -2.12. The third-order valence-electron chi connectivity index (χ3n) is 4.26. The molecule has 4 rings (SSSR count). The van der Waals surface area contributed by atoms with Crippen molar-refractivity contribution in [1.29, 1.82) is 0 Å². The fourth-order valence-electron chi connectivity index (χ4n) is 3.20. The first-order valence-corrected chi connectivity index (χ1v) is 7.95. The van der Waals surface area contributed by atoms with Gasteiger partial charge in [0.1, 0.15) is 5.75 Å². The van der Waals surface area contributed by atoms with Crippen LogP contribution in [-0.4, -0.2) is 21.1 Å². The van der Waals surface area contributed by atoms with Crippen molar-refractivity contribution in [1.82, 2.24) is 4.57 Å². The van der Waals surface area contributed by atoms with Crippen molar-refractivity contribution in [2.45, 2.75) is 0 Å². The maximum atomic E-state index is 9.63. The molecule has 0 aliphatic carbocycles. The molecule has 25 heavy (non-hydrogen) atoms. The second-order valence-corrected chi connectivity index (χ2v) is 5.74. The summed E-state index contributed by atoms with van der Waals surface area (Å²) in [4.78, 5) is 0. The van der Waals surface area contributed by atoms with Crippen molar-refractivity contribution in [2.24, 2.45) is 5.16 Å². The zero-order valence-electron chi connectivity index (χ0n) is 13.4. The fourth-order valence-corrected chi connectivity index (χ4v) is 3.20. The maximum Gasteiger partial charge on any atom is 0.115 e. The van der Waals surface area contributed by atoms with Crippen LogP contribution in [0.3, 0.4) is 0 Å². The van der Waals surface area contributed by atoms with Gasteiger partial charge < -0.3 is 14.9 Å². The number of fused-ring (bicyclic) bond motifs is 1. The first kappa shape index (κ1) is 15.0. The van der Waals surface area contributed by atoms with Crippen LogP contribution in [0.5, 0.6) is 5.75 Å². The van der Waals surface area contributed by atoms with E-state index in [4.69, 9.17) is 0 Å². The summed E-state index contributed by atoms with van der Waals surface area (Å²) in [6.07, 6.45) is 1.47. The van der Waals surface area contributed by atoms with E-state index in [-0.39, 0.29) is 5.75 Å². The highest BCUT2D eigenvalue weighted by Crippen LogP contribution is 2.35. The molecule has 0 aliphatic heterocycles. The molecule has 0 aliphatic rings. The summed E-state index contributed by atoms with van der Waals surface area (Å²) in [7, 11) is 0. The van der Waals surface area contributed by atoms with Crippen LogP contribution >= 0.6 is 0 Å². The zero-order valence-corrected chi connectivity index (χ0v) is 13.4. The van der Waals surface area contributed by atoms with Gasteiger partial charge in [0.05, 0.1) is 17.4 Å². The molecule has 122 valence electrons. The summed E-state index contributed by atoms with van der Waals surface area (Å²) in [6, 6.07) is 25.0. The van der Waals surface area contributed by atoms with Crippen molar-refractivity contribution < 1.29 is 10.3 Å². The molecule has 4 heteroatoms. The van der Waals surface area contributed by atoms with Crippen LogP contribution in [0.2, 0.25) is 0 Å². The number of oxime groups is 1. The third kappa shape index (κ3) is 2.54. The Morgan fingerprint density at radius 3 is 2.20 bits per heavy atom. The Bertz CT molecular complexity index is 1050. The predicted octanol–water partition coefficient (Wildman–Crippen LogP) is 4.81. The fraction of sp³-hybridized carbons (Fsp3) is 0. The quantitative estimate of drug-likeness (QED) is 0.322. The van der Waals surface area contributed by atoms with Crippen LogP contribution in [0.15, 0.2) is 84.0 Å². The van der Waals surface area contributed by atoms with Crippen LogP contribution < -0.4 is 0 Å². The number of aromatic hydroxyl groups is 1. The maximum absolute atomic E-state index is 9.63. The molecule has 0 saturated heterocycles. The van der Waals surface area contributed by atoms with Crippen molar-refractivity contribution in [2.75, 3.05) is 0 Å². The summed E-state index contributed by atoms with van der Waals surface area (Å²) in [5.41, 5.74) is 4.72. The largest absolute Gasteiger partial charge is 0.508 e. The molecule has 4 nitrogen and oxygen atoms in total. The van der Waals surface area contributed by atoms with Gasteiger partial charge in [0.2, 0.25) is 0 Å². The van der Waals surface area contributed by atoms with E-state index in [1.165, 1.54) is 6.21 Å². The normalized spacial score (nSPS) is 11.4. The van der Waals surface area contributed by atoms with Gasteiger partial charge in [-0.2, -0.15) is 0 Å². The predicted molar refractivity (Wildman–Crippen MR) is 99.8 cm³/mol. The topological polar surface area (TPSA) is 57.8 Å². The summed E-state index contributed by atoms with van der Waals surface area (Å²) < 4.78 is 2.11. The van der Waals surface area contributed by atoms with Gasteiger partial charge in [0, 0.05) is 16.6 Å². The van der Waals surface area contributed by atoms with Crippen LogP contribution in [0.1, 0.15) is 5.56 Å². The molecule has 2 N–H and O–H groups in total. The monoisotopic (exact) mass is 328 g/mol. The molecule has 0 radical (unpaired) electrons. The van der Waals surface area contributed by atoms with Crippen LogP contribution in [0.4, 0.5) is 0 Å². The first-order chi connectivity index (χ1) is 12.3. The second-order valence-electron chi connectivity index (χ2n) is 5.74. The molecule has 1 aromatic heterocycles. The Hall–Kier alpha value is -3.53. The van der Waals surface area contributed by atoms with Gasteiger partial charge in [-0.05, 0) is 35.9 Å². The van der Waals surface area contributed by atoms with Gasteiger partial charge in [0.15, 0.2) is 0 Å². The van der Waals surface area contributed by atoms with Gasteiger partial charge in [-0.1, -0.05) is 53.7 Å². The van der Waals surface area contributed by atoms with Crippen molar-refractivity contribution in [3.05, 3.63) is 84.4 Å². The molecule has 0 fully saturated rings. The Balaban J connectivity index is 2.14. The molecule has 0 saturated carbocycles. The van der Waals surface area contributed by atoms with E-state index in [1.807, 2.05) is 66.7 Å². The summed E-state index contributed by atoms with van der Waals surface area (Å²) in [6.45, 7) is 0. The number of phenolic OH excluding ortho intramolecular Hbond substituents is 1. The number of aromatic nitrogens is 1. The van der Waals surface area contributed by atoms with Gasteiger partial charge in [-0.25, -0.2) is 0 Å². The van der Waals surface area contributed by atoms with Crippen LogP contribution in [-0.2, 0) is 0 Å². The minimum Gasteiger partial charge on any atom is -0.508 e. The number of hydrogen-bond donors (Lipinski definition) is 2. The Kier molecular flexibility index (Phi) is 3.71. The highest BCUT2D eigenvalue weighted by molar-refractivity contribution is 6.07. The minimum absolute atomic E-state index is 0.221. The smallest absolute Gasteiger partial charge is 0.115 e. The van der Waals surface area contributed by atoms with E-state index in [0.717, 1.165) is 33.4 Å². The van der Waals surface area contributed by atoms with Crippen LogP contribution in [0, 0.1) is 0 Å². The molecule has 3 aromatic carbocycles. The number of rotatable bonds is 3. The number of phenols is 1. The molecule has 0 spiro atoms. The molecule has 0 unspecified atom stereocenters. The van der Waals surface area contributed by atoms with Crippen molar-refractivity contribution in [3.63, 3.8) is 0 Å². The number of hydrogen-bond acceptors (Lipinski definition) is 3. The summed E-state index contributed by atoms with van der Waals surface area (Å²) in [5, 5.41) is 23.1. The number of benzene rings is 3. The van der Waals surface area contributed by atoms with Crippen molar-refractivity contribution >= 4 is 17.1 Å². The SMILES string of the molecule is ON=Cc1c(-c2ccccc2)n(-c2ccc(O)cc2)c2ccccc12. The molecular formula is C21H16N2O2. The average Bonchev–Trinajstić information content (AvgIpc) is 2.98. The first-order valence-electron chi connectivity index (χ1n) is 7.95. The third-order valence-corrected chi connectivity index (χ3v) is 4.26. The summed E-state index contributed by atoms with van der Waals surface area (Å²) in [5.74, 6) is 0.221. The standard InChI is InChI=1S/C21H16N2O2/c24-17-12-10-16(11-13-17)23-20-9-5-4-8-18(20)19(14-22-25)21(23)15-6-2-1-3-7-15/h1-14,24-25H. The molecule has 1 heterocycles. The van der Waals surface area contributed by atoms with Gasteiger partial charge in [-0.15, -0.1) is 0 Å². The molecule has 0 atom stereocenters. The second kappa shape index (κ2) is 6.17. The Morgan fingerprint density at radius 1 is 0.800 bits per heavy atom. The lowest BCUT2D eigenvalue weighted by molar-refractivity contribution is 0.322. The average molecular weight is 328 g/mol. The molecule has 0 bridgehead atoms. The number of nitrogens with zero attached hydrogens (tertiary/aromatic N) is 2. The van der Waals surface area contributed by atoms with E-state index in [0.29, 0.717) is 0 Å². The van der Waals surface area contributed by atoms with E-state index < -0.39 is 0 Å². The Morgan fingerprint density at radius 2 is 1.48 bits per heavy atom. The Labute approximate surface area is 144 Å². The summed E-state index contributed by atoms with van der Waals surface area (Å²) >= 11 is 0. The minimum atomic E-state index is 0.221. The van der Waals surface area contributed by atoms with E-state index in [2.05, 4.69) is 9.72 Å². The van der Waals surface area contributed by atoms with E-state index in [1.54, 1.807) is 12.1 Å². The zero-order chi connectivity index (χ0) is 17.2. The van der Waals surface area contributed by atoms with Gasteiger partial charge in [-0.3, -0.25) is 0 Å². The molecule has 4 aromatic rings. The number of para-hydroxylation sites is 1. The molecule has 0 amide bonds. The highest BCUT2D eigenvalue weighted by atomic mass is 16.4. The van der Waals surface area contributed by atoms with Gasteiger partial charge in [0.25, 0.3) is 0 Å². The molecular weight excluding hydrogens is 312 g/mol. The lowest BCUT2D eigenvalue weighted by atomic mass is 10.1. The van der Waals surface area contributed by atoms with E-state index >= 15 is 0 Å². The van der Waals surface area contributed by atoms with E-state index in [9.17, 15) is 10.3 Å². The van der Waals surface area contributed by atoms with Crippen molar-refractivity contribution in [3.8, 4) is 22.7 Å². The van der Waals surface area contributed by atoms with Crippen LogP contribution in [0.25, 0.3) is 27.8 Å².